The Labute approximate surface area is 198 Å². The topological polar surface area (TPSA) is 96.5 Å². The second-order valence-electron chi connectivity index (χ2n) is 6.45. The molecule has 1 aromatic heterocycles. The van der Waals surface area contributed by atoms with Crippen molar-refractivity contribution in [3.05, 3.63) is 57.9 Å². The minimum Gasteiger partial charge on any atom is -0.484 e. The zero-order chi connectivity index (χ0) is 24.2. The third-order valence-electron chi connectivity index (χ3n) is 4.09. The Hall–Kier alpha value is -3.02. The Bertz CT molecular complexity index is 1220. The highest BCUT2D eigenvalue weighted by atomic mass is 35.5. The first-order valence-electron chi connectivity index (χ1n) is 9.05. The molecule has 0 fully saturated rings. The largest absolute Gasteiger partial charge is 0.484 e. The Kier molecular flexibility index (Phi) is 7.67. The van der Waals surface area contributed by atoms with Crippen LogP contribution in [0.1, 0.15) is 15.2 Å². The van der Waals surface area contributed by atoms with E-state index in [4.69, 9.17) is 27.9 Å². The smallest absolute Gasteiger partial charge is 0.416 e. The summed E-state index contributed by atoms with van der Waals surface area (Å²) in [4.78, 5) is 35.6. The van der Waals surface area contributed by atoms with Gasteiger partial charge in [-0.2, -0.15) is 13.2 Å². The Morgan fingerprint density at radius 3 is 2.48 bits per heavy atom. The highest BCUT2D eigenvalue weighted by Crippen LogP contribution is 2.37. The van der Waals surface area contributed by atoms with E-state index in [9.17, 15) is 27.6 Å². The molecule has 7 nitrogen and oxygen atoms in total. The molecular weight excluding hydrogens is 506 g/mol. The molecule has 13 heteroatoms. The molecule has 3 amide bonds. The molecule has 0 spiro atoms. The van der Waals surface area contributed by atoms with Crippen LogP contribution in [0.4, 0.5) is 18.9 Å². The molecule has 3 rings (SSSR count). The fourth-order valence-corrected chi connectivity index (χ4v) is 4.12. The summed E-state index contributed by atoms with van der Waals surface area (Å²) in [5.41, 5.74) is 3.41. The zero-order valence-corrected chi connectivity index (χ0v) is 18.7. The number of ether oxygens (including phenoxy) is 1. The van der Waals surface area contributed by atoms with Gasteiger partial charge in [-0.1, -0.05) is 17.7 Å². The number of thiophene rings is 1. The van der Waals surface area contributed by atoms with Crippen LogP contribution in [0.25, 0.3) is 10.1 Å². The molecule has 0 bridgehead atoms. The van der Waals surface area contributed by atoms with Gasteiger partial charge in [-0.05, 0) is 36.4 Å². The van der Waals surface area contributed by atoms with Crippen molar-refractivity contribution in [1.29, 1.82) is 0 Å². The quantitative estimate of drug-likeness (QED) is 0.327. The third kappa shape index (κ3) is 6.28. The van der Waals surface area contributed by atoms with Crippen LogP contribution < -0.4 is 20.9 Å². The minimum absolute atomic E-state index is 0.0178. The first kappa shape index (κ1) is 24.6. The lowest BCUT2D eigenvalue weighted by atomic mass is 10.2. The maximum atomic E-state index is 12.8. The normalized spacial score (nSPS) is 11.2. The summed E-state index contributed by atoms with van der Waals surface area (Å²) in [6.45, 7) is -0.460. The Morgan fingerprint density at radius 2 is 1.79 bits per heavy atom. The monoisotopic (exact) mass is 519 g/mol. The lowest BCUT2D eigenvalue weighted by Crippen LogP contribution is -2.42. The van der Waals surface area contributed by atoms with Crippen LogP contribution in [-0.4, -0.2) is 30.2 Å². The minimum atomic E-state index is -4.53. The molecule has 2 aromatic carbocycles. The number of benzene rings is 2. The molecule has 0 saturated heterocycles. The van der Waals surface area contributed by atoms with Crippen molar-refractivity contribution >= 4 is 68.0 Å². The number of carbonyl (C=O) groups excluding carboxylic acids is 3. The summed E-state index contributed by atoms with van der Waals surface area (Å²) in [5, 5.41) is 3.06. The molecule has 0 unspecified atom stereocenters. The van der Waals surface area contributed by atoms with Gasteiger partial charge in [0.2, 0.25) is 0 Å². The van der Waals surface area contributed by atoms with Gasteiger partial charge >= 0.3 is 6.18 Å². The number of amides is 3. The molecule has 0 saturated carbocycles. The lowest BCUT2D eigenvalue weighted by Gasteiger charge is -2.10. The number of nitrogens with one attached hydrogen (secondary N) is 3. The molecule has 3 N–H and O–H groups in total. The van der Waals surface area contributed by atoms with Gasteiger partial charge in [0.05, 0.1) is 10.6 Å². The van der Waals surface area contributed by atoms with Crippen molar-refractivity contribution in [1.82, 2.24) is 10.9 Å². The van der Waals surface area contributed by atoms with Crippen LogP contribution in [0.2, 0.25) is 5.02 Å². The highest BCUT2D eigenvalue weighted by molar-refractivity contribution is 7.21. The van der Waals surface area contributed by atoms with Gasteiger partial charge in [0.25, 0.3) is 17.7 Å². The van der Waals surface area contributed by atoms with Crippen LogP contribution in [0, 0.1) is 0 Å². The zero-order valence-electron chi connectivity index (χ0n) is 16.4. The van der Waals surface area contributed by atoms with E-state index in [1.165, 1.54) is 18.2 Å². The average Bonchev–Trinajstić information content (AvgIpc) is 3.11. The lowest BCUT2D eigenvalue weighted by molar-refractivity contribution is -0.137. The fourth-order valence-electron chi connectivity index (χ4n) is 2.62. The Morgan fingerprint density at radius 1 is 1.03 bits per heavy atom. The highest BCUT2D eigenvalue weighted by Gasteiger charge is 2.30. The first-order valence-corrected chi connectivity index (χ1v) is 10.8. The molecule has 1 heterocycles. The van der Waals surface area contributed by atoms with E-state index in [0.717, 1.165) is 23.5 Å². The molecule has 0 aliphatic carbocycles. The van der Waals surface area contributed by atoms with Crippen LogP contribution in [-0.2, 0) is 15.8 Å². The van der Waals surface area contributed by atoms with E-state index in [1.54, 1.807) is 12.1 Å². The standard InChI is InChI=1S/C20H14Cl2F3N3O4S/c21-8-15(29)27-28-19(31)18-17(22)13-5-4-12(7-14(13)33-18)32-9-16(30)26-11-3-1-2-10(6-11)20(23,24)25/h1-7H,8-9H2,(H,26,30)(H,27,29)(H,28,31). The van der Waals surface area contributed by atoms with E-state index in [0.29, 0.717) is 10.1 Å². The van der Waals surface area contributed by atoms with Crippen molar-refractivity contribution in [3.63, 3.8) is 0 Å². The van der Waals surface area contributed by atoms with Crippen molar-refractivity contribution in [2.24, 2.45) is 0 Å². The number of hydrogen-bond acceptors (Lipinski definition) is 5. The second-order valence-corrected chi connectivity index (χ2v) is 8.15. The summed E-state index contributed by atoms with van der Waals surface area (Å²) in [7, 11) is 0. The summed E-state index contributed by atoms with van der Waals surface area (Å²) in [5.74, 6) is -1.94. The van der Waals surface area contributed by atoms with E-state index >= 15 is 0 Å². The molecule has 174 valence electrons. The summed E-state index contributed by atoms with van der Waals surface area (Å²) in [6, 6.07) is 8.89. The number of alkyl halides is 4. The third-order valence-corrected chi connectivity index (χ3v) is 5.99. The molecule has 0 aliphatic heterocycles. The molecule has 0 aliphatic rings. The molecular formula is C20H14Cl2F3N3O4S. The Balaban J connectivity index is 1.65. The molecule has 0 radical (unpaired) electrons. The maximum absolute atomic E-state index is 12.8. The predicted molar refractivity (Wildman–Crippen MR) is 119 cm³/mol. The van der Waals surface area contributed by atoms with E-state index in [-0.39, 0.29) is 27.2 Å². The van der Waals surface area contributed by atoms with E-state index in [2.05, 4.69) is 16.2 Å². The second kappa shape index (κ2) is 10.3. The summed E-state index contributed by atoms with van der Waals surface area (Å²) >= 11 is 12.6. The summed E-state index contributed by atoms with van der Waals surface area (Å²) in [6.07, 6.45) is -4.53. The van der Waals surface area contributed by atoms with Gasteiger partial charge in [0, 0.05) is 15.8 Å². The number of hydrogen-bond donors (Lipinski definition) is 3. The van der Waals surface area contributed by atoms with Crippen molar-refractivity contribution in [3.8, 4) is 5.75 Å². The van der Waals surface area contributed by atoms with Crippen molar-refractivity contribution in [2.45, 2.75) is 6.18 Å². The molecule has 3 aromatic rings. The number of carbonyl (C=O) groups is 3. The van der Waals surface area contributed by atoms with E-state index < -0.39 is 36.1 Å². The summed E-state index contributed by atoms with van der Waals surface area (Å²) < 4.78 is 44.3. The molecule has 0 atom stereocenters. The average molecular weight is 520 g/mol. The van der Waals surface area contributed by atoms with Crippen molar-refractivity contribution < 1.29 is 32.3 Å². The number of hydrazine groups is 1. The fraction of sp³-hybridized carbons (Fsp3) is 0.150. The van der Waals surface area contributed by atoms with Gasteiger partial charge in [0.1, 0.15) is 16.5 Å². The van der Waals surface area contributed by atoms with Gasteiger partial charge < -0.3 is 10.1 Å². The first-order chi connectivity index (χ1) is 15.6. The number of rotatable bonds is 6. The molecule has 33 heavy (non-hydrogen) atoms. The predicted octanol–water partition coefficient (Wildman–Crippen LogP) is 4.59. The van der Waals surface area contributed by atoms with Crippen LogP contribution in [0.3, 0.4) is 0 Å². The van der Waals surface area contributed by atoms with Crippen LogP contribution in [0.5, 0.6) is 5.75 Å². The number of anilines is 1. The number of fused-ring (bicyclic) bond motifs is 1. The van der Waals surface area contributed by atoms with Gasteiger partial charge in [-0.3, -0.25) is 25.2 Å². The van der Waals surface area contributed by atoms with Gasteiger partial charge in [-0.25, -0.2) is 0 Å². The van der Waals surface area contributed by atoms with Crippen LogP contribution >= 0.6 is 34.5 Å². The van der Waals surface area contributed by atoms with Crippen LogP contribution in [0.15, 0.2) is 42.5 Å². The van der Waals surface area contributed by atoms with E-state index in [1.807, 2.05) is 0 Å². The number of halogens is 5. The SMILES string of the molecule is O=C(CCl)NNC(=O)c1sc2cc(OCC(=O)Nc3cccc(C(F)(F)F)c3)ccc2c1Cl. The maximum Gasteiger partial charge on any atom is 0.416 e. The van der Waals surface area contributed by atoms with Gasteiger partial charge in [-0.15, -0.1) is 22.9 Å². The van der Waals surface area contributed by atoms with Crippen molar-refractivity contribution in [2.75, 3.05) is 17.8 Å². The van der Waals surface area contributed by atoms with Gasteiger partial charge in [0.15, 0.2) is 6.61 Å².